The van der Waals surface area contributed by atoms with E-state index in [9.17, 15) is 13.2 Å². The van der Waals surface area contributed by atoms with Crippen molar-refractivity contribution in [1.82, 2.24) is 19.6 Å². The van der Waals surface area contributed by atoms with Crippen LogP contribution in [-0.4, -0.2) is 73.9 Å². The normalized spacial score (nSPS) is 11.7. The van der Waals surface area contributed by atoms with Crippen molar-refractivity contribution in [2.45, 2.75) is 11.8 Å². The summed E-state index contributed by atoms with van der Waals surface area (Å²) in [5.41, 5.74) is 2.55. The Labute approximate surface area is 226 Å². The Balaban J connectivity index is 1.78. The molecule has 194 valence electrons. The zero-order valence-corrected chi connectivity index (χ0v) is 23.6. The van der Waals surface area contributed by atoms with E-state index in [2.05, 4.69) is 0 Å². The number of thiophene rings is 1. The Kier molecular flexibility index (Phi) is 8.18. The predicted molar refractivity (Wildman–Crippen MR) is 151 cm³/mol. The molecule has 0 fully saturated rings. The van der Waals surface area contributed by atoms with Crippen LogP contribution in [0.25, 0.3) is 26.7 Å². The number of amides is 1. The van der Waals surface area contributed by atoms with Crippen molar-refractivity contribution in [2.75, 3.05) is 40.0 Å². The zero-order valence-electron chi connectivity index (χ0n) is 21.2. The maximum absolute atomic E-state index is 13.4. The third-order valence-electron chi connectivity index (χ3n) is 5.90. The molecular weight excluding hydrogens is 528 g/mol. The first-order valence-corrected chi connectivity index (χ1v) is 14.9. The first-order chi connectivity index (χ1) is 17.6. The van der Waals surface area contributed by atoms with Crippen LogP contribution in [0, 0.1) is 0 Å². The average molecular weight is 557 g/mol. The molecule has 1 amide bonds. The van der Waals surface area contributed by atoms with Crippen LogP contribution in [-0.2, 0) is 9.84 Å². The van der Waals surface area contributed by atoms with Crippen molar-refractivity contribution in [3.8, 4) is 26.7 Å². The average Bonchev–Trinajstić information content (AvgIpc) is 3.52. The molecule has 37 heavy (non-hydrogen) atoms. The van der Waals surface area contributed by atoms with Gasteiger partial charge in [-0.05, 0) is 69.0 Å². The van der Waals surface area contributed by atoms with Crippen LogP contribution >= 0.6 is 22.9 Å². The molecule has 2 aromatic carbocycles. The van der Waals surface area contributed by atoms with Crippen molar-refractivity contribution in [2.24, 2.45) is 0 Å². The second-order valence-electron chi connectivity index (χ2n) is 8.93. The van der Waals surface area contributed by atoms with Gasteiger partial charge < -0.3 is 9.80 Å². The van der Waals surface area contributed by atoms with E-state index in [0.29, 0.717) is 29.5 Å². The first kappa shape index (κ1) is 27.1. The van der Waals surface area contributed by atoms with Gasteiger partial charge in [-0.3, -0.25) is 4.79 Å². The van der Waals surface area contributed by atoms with Crippen molar-refractivity contribution in [3.63, 3.8) is 0 Å². The number of hydrogen-bond donors (Lipinski definition) is 0. The summed E-state index contributed by atoms with van der Waals surface area (Å²) in [6, 6.07) is 20.0. The van der Waals surface area contributed by atoms with Gasteiger partial charge in [-0.1, -0.05) is 35.9 Å². The third-order valence-corrected chi connectivity index (χ3v) is 8.49. The molecule has 10 heteroatoms. The number of aromatic nitrogens is 2. The molecule has 0 aliphatic carbocycles. The van der Waals surface area contributed by atoms with Crippen molar-refractivity contribution in [1.29, 1.82) is 0 Å². The maximum atomic E-state index is 13.4. The summed E-state index contributed by atoms with van der Waals surface area (Å²) in [5.74, 6) is -0.144. The number of hydrogen-bond acceptors (Lipinski definition) is 6. The monoisotopic (exact) mass is 556 g/mol. The van der Waals surface area contributed by atoms with Crippen LogP contribution in [0.2, 0.25) is 5.02 Å². The molecule has 0 atom stereocenters. The summed E-state index contributed by atoms with van der Waals surface area (Å²) in [7, 11) is 0.627. The highest BCUT2D eigenvalue weighted by molar-refractivity contribution is 7.90. The number of para-hydroxylation sites is 1. The summed E-state index contributed by atoms with van der Waals surface area (Å²) in [5, 5.41) is 5.21. The molecule has 0 unspecified atom stereocenters. The molecule has 0 saturated heterocycles. The molecule has 2 aromatic heterocycles. The Morgan fingerprint density at radius 1 is 1.00 bits per heavy atom. The molecule has 0 aliphatic rings. The molecule has 0 aliphatic heterocycles. The Hall–Kier alpha value is -2.98. The van der Waals surface area contributed by atoms with Gasteiger partial charge in [-0.25, -0.2) is 13.1 Å². The predicted octanol–water partition coefficient (Wildman–Crippen LogP) is 5.35. The number of rotatable bonds is 9. The molecule has 4 rings (SSSR count). The summed E-state index contributed by atoms with van der Waals surface area (Å²) in [6.07, 6.45) is 1.20. The summed E-state index contributed by atoms with van der Waals surface area (Å²) in [4.78, 5) is 19.3. The fraction of sp³-hybridized carbons (Fsp3) is 0.259. The van der Waals surface area contributed by atoms with E-state index < -0.39 is 9.84 Å². The maximum Gasteiger partial charge on any atom is 0.274 e. The Morgan fingerprint density at radius 3 is 2.41 bits per heavy atom. The zero-order chi connectivity index (χ0) is 26.7. The lowest BCUT2D eigenvalue weighted by Crippen LogP contribution is -2.36. The minimum absolute atomic E-state index is 0.144. The highest BCUT2D eigenvalue weighted by Gasteiger charge is 2.23. The van der Waals surface area contributed by atoms with E-state index >= 15 is 0 Å². The van der Waals surface area contributed by atoms with Gasteiger partial charge in [0.25, 0.3) is 5.91 Å². The van der Waals surface area contributed by atoms with Crippen LogP contribution < -0.4 is 0 Å². The number of likely N-dealkylation sites (N-methyl/N-ethyl adjacent to an activating group) is 2. The van der Waals surface area contributed by atoms with Gasteiger partial charge >= 0.3 is 0 Å². The van der Waals surface area contributed by atoms with Gasteiger partial charge in [0, 0.05) is 30.8 Å². The molecule has 0 spiro atoms. The van der Waals surface area contributed by atoms with E-state index in [0.717, 1.165) is 27.6 Å². The fourth-order valence-corrected chi connectivity index (χ4v) is 5.75. The molecular formula is C27H29ClN4O3S2. The molecule has 0 N–H and O–H groups in total. The lowest BCUT2D eigenvalue weighted by molar-refractivity contribution is 0.0748. The van der Waals surface area contributed by atoms with Crippen molar-refractivity contribution in [3.05, 3.63) is 77.4 Å². The number of carbonyl (C=O) groups is 1. The smallest absolute Gasteiger partial charge is 0.274 e. The fourth-order valence-electron chi connectivity index (χ4n) is 3.86. The topological polar surface area (TPSA) is 75.5 Å². The van der Waals surface area contributed by atoms with Crippen LogP contribution in [0.4, 0.5) is 0 Å². The molecule has 2 heterocycles. The largest absolute Gasteiger partial charge is 0.336 e. The van der Waals surface area contributed by atoms with E-state index in [1.807, 2.05) is 62.3 Å². The lowest BCUT2D eigenvalue weighted by Gasteiger charge is -2.21. The summed E-state index contributed by atoms with van der Waals surface area (Å²) < 4.78 is 25.8. The molecule has 4 aromatic rings. The van der Waals surface area contributed by atoms with Crippen LogP contribution in [0.1, 0.15) is 17.4 Å². The van der Waals surface area contributed by atoms with Gasteiger partial charge in [0.1, 0.15) is 0 Å². The molecule has 0 radical (unpaired) electrons. The van der Waals surface area contributed by atoms with E-state index in [-0.39, 0.29) is 10.8 Å². The summed E-state index contributed by atoms with van der Waals surface area (Å²) in [6.45, 7) is 3.87. The standard InChI is InChI=1S/C27H29ClN4O3S2/c1-5-31(16-15-30(2)3)27(33)22-18-24(32(29-22)23-12-7-6-11-21(23)28)26-14-13-25(36-26)19-9-8-10-20(17-19)37(4,34)35/h6-14,17-18H,5,15-16H2,1-4H3. The van der Waals surface area contributed by atoms with Gasteiger partial charge in [-0.15, -0.1) is 11.3 Å². The number of benzene rings is 2. The van der Waals surface area contributed by atoms with Crippen LogP contribution in [0.3, 0.4) is 0 Å². The Morgan fingerprint density at radius 2 is 1.73 bits per heavy atom. The van der Waals surface area contributed by atoms with Gasteiger partial charge in [-0.2, -0.15) is 5.10 Å². The highest BCUT2D eigenvalue weighted by Crippen LogP contribution is 2.37. The molecule has 7 nitrogen and oxygen atoms in total. The van der Waals surface area contributed by atoms with E-state index in [4.69, 9.17) is 16.7 Å². The first-order valence-electron chi connectivity index (χ1n) is 11.8. The number of halogens is 1. The quantitative estimate of drug-likeness (QED) is 0.278. The van der Waals surface area contributed by atoms with Crippen LogP contribution in [0.15, 0.2) is 71.6 Å². The third kappa shape index (κ3) is 6.13. The van der Waals surface area contributed by atoms with Gasteiger partial charge in [0.15, 0.2) is 15.5 Å². The second-order valence-corrected chi connectivity index (χ2v) is 12.4. The SMILES string of the molecule is CCN(CCN(C)C)C(=O)c1cc(-c2ccc(-c3cccc(S(C)(=O)=O)c3)s2)n(-c2ccccc2Cl)n1. The van der Waals surface area contributed by atoms with Gasteiger partial charge in [0.2, 0.25) is 0 Å². The van der Waals surface area contributed by atoms with Crippen LogP contribution in [0.5, 0.6) is 0 Å². The Bertz CT molecular complexity index is 1530. The lowest BCUT2D eigenvalue weighted by atomic mass is 10.2. The number of sulfone groups is 1. The molecule has 0 saturated carbocycles. The summed E-state index contributed by atoms with van der Waals surface area (Å²) >= 11 is 8.02. The minimum Gasteiger partial charge on any atom is -0.336 e. The highest BCUT2D eigenvalue weighted by atomic mass is 35.5. The van der Waals surface area contributed by atoms with Crippen molar-refractivity contribution >= 4 is 38.7 Å². The van der Waals surface area contributed by atoms with E-state index in [1.165, 1.54) is 17.6 Å². The minimum atomic E-state index is -3.32. The van der Waals surface area contributed by atoms with Gasteiger partial charge in [0.05, 0.1) is 26.2 Å². The van der Waals surface area contributed by atoms with Crippen molar-refractivity contribution < 1.29 is 13.2 Å². The number of carbonyl (C=O) groups excluding carboxylic acids is 1. The molecule has 0 bridgehead atoms. The van der Waals surface area contributed by atoms with E-state index in [1.54, 1.807) is 39.9 Å². The number of nitrogens with zero attached hydrogens (tertiary/aromatic N) is 4. The second kappa shape index (κ2) is 11.2.